The SMILES string of the molecule is COc1cccc(C(c2ccco2)N2CCCC2C(=O)O)c1. The fraction of sp³-hybridized carbons (Fsp3) is 0.353. The lowest BCUT2D eigenvalue weighted by Gasteiger charge is -2.30. The van der Waals surface area contributed by atoms with Crippen LogP contribution in [0.4, 0.5) is 0 Å². The highest BCUT2D eigenvalue weighted by molar-refractivity contribution is 5.74. The first kappa shape index (κ1) is 14.7. The van der Waals surface area contributed by atoms with Crippen molar-refractivity contribution < 1.29 is 19.1 Å². The molecule has 1 aromatic heterocycles. The fourth-order valence-electron chi connectivity index (χ4n) is 3.14. The van der Waals surface area contributed by atoms with Crippen molar-refractivity contribution in [3.8, 4) is 5.75 Å². The van der Waals surface area contributed by atoms with E-state index in [2.05, 4.69) is 0 Å². The predicted octanol–water partition coefficient (Wildman–Crippen LogP) is 2.93. The van der Waals surface area contributed by atoms with E-state index in [0.717, 1.165) is 30.0 Å². The lowest BCUT2D eigenvalue weighted by atomic mass is 10.0. The topological polar surface area (TPSA) is 62.9 Å². The maximum Gasteiger partial charge on any atom is 0.320 e. The number of carboxylic acids is 1. The minimum Gasteiger partial charge on any atom is -0.497 e. The van der Waals surface area contributed by atoms with E-state index >= 15 is 0 Å². The van der Waals surface area contributed by atoms with Crippen LogP contribution in [-0.4, -0.2) is 35.7 Å². The molecule has 1 aliphatic heterocycles. The summed E-state index contributed by atoms with van der Waals surface area (Å²) in [6, 6.07) is 10.7. The average Bonchev–Trinajstić information content (AvgIpc) is 3.20. The largest absolute Gasteiger partial charge is 0.497 e. The molecule has 116 valence electrons. The Bertz CT molecular complexity index is 638. The number of carboxylic acid groups (broad SMARTS) is 1. The van der Waals surface area contributed by atoms with Crippen molar-refractivity contribution >= 4 is 5.97 Å². The van der Waals surface area contributed by atoms with Crippen LogP contribution in [0.1, 0.15) is 30.2 Å². The summed E-state index contributed by atoms with van der Waals surface area (Å²) < 4.78 is 10.9. The van der Waals surface area contributed by atoms with Crippen LogP contribution in [0.2, 0.25) is 0 Å². The van der Waals surface area contributed by atoms with Crippen molar-refractivity contribution in [3.63, 3.8) is 0 Å². The second-order valence-corrected chi connectivity index (χ2v) is 5.43. The van der Waals surface area contributed by atoms with Crippen molar-refractivity contribution in [1.29, 1.82) is 0 Å². The lowest BCUT2D eigenvalue weighted by molar-refractivity contribution is -0.142. The number of hydrogen-bond donors (Lipinski definition) is 1. The molecule has 2 heterocycles. The summed E-state index contributed by atoms with van der Waals surface area (Å²) in [7, 11) is 1.62. The van der Waals surface area contributed by atoms with Gasteiger partial charge in [-0.25, -0.2) is 0 Å². The van der Waals surface area contributed by atoms with Crippen LogP contribution in [-0.2, 0) is 4.79 Å². The van der Waals surface area contributed by atoms with Crippen LogP contribution >= 0.6 is 0 Å². The number of ether oxygens (including phenoxy) is 1. The quantitative estimate of drug-likeness (QED) is 0.920. The summed E-state index contributed by atoms with van der Waals surface area (Å²) in [6.45, 7) is 0.736. The van der Waals surface area contributed by atoms with Crippen molar-refractivity contribution in [2.45, 2.75) is 24.9 Å². The van der Waals surface area contributed by atoms with Gasteiger partial charge in [0.25, 0.3) is 0 Å². The first-order valence-electron chi connectivity index (χ1n) is 7.36. The molecule has 5 nitrogen and oxygen atoms in total. The van der Waals surface area contributed by atoms with Crippen LogP contribution in [0.5, 0.6) is 5.75 Å². The number of benzene rings is 1. The standard InChI is InChI=1S/C17H19NO4/c1-21-13-6-2-5-12(11-13)16(15-8-4-10-22-15)18-9-3-7-14(18)17(19)20/h2,4-6,8,10-11,14,16H,3,7,9H2,1H3,(H,19,20). The van der Waals surface area contributed by atoms with Crippen molar-refractivity contribution in [2.24, 2.45) is 0 Å². The van der Waals surface area contributed by atoms with Gasteiger partial charge in [-0.1, -0.05) is 12.1 Å². The van der Waals surface area contributed by atoms with Crippen LogP contribution in [0, 0.1) is 0 Å². The number of rotatable bonds is 5. The van der Waals surface area contributed by atoms with Gasteiger partial charge >= 0.3 is 5.97 Å². The van der Waals surface area contributed by atoms with Gasteiger partial charge in [-0.3, -0.25) is 9.69 Å². The van der Waals surface area contributed by atoms with Gasteiger partial charge in [-0.05, 0) is 42.7 Å². The molecule has 1 aliphatic rings. The van der Waals surface area contributed by atoms with Crippen LogP contribution < -0.4 is 4.74 Å². The molecular weight excluding hydrogens is 282 g/mol. The van der Waals surface area contributed by atoms with Gasteiger partial charge in [-0.2, -0.15) is 0 Å². The van der Waals surface area contributed by atoms with Crippen LogP contribution in [0.3, 0.4) is 0 Å². The summed E-state index contributed by atoms with van der Waals surface area (Å²) in [4.78, 5) is 13.5. The molecule has 2 atom stereocenters. The zero-order valence-corrected chi connectivity index (χ0v) is 12.4. The third-order valence-corrected chi connectivity index (χ3v) is 4.13. The summed E-state index contributed by atoms with van der Waals surface area (Å²) >= 11 is 0. The summed E-state index contributed by atoms with van der Waals surface area (Å²) in [6.07, 6.45) is 3.16. The van der Waals surface area contributed by atoms with E-state index in [1.165, 1.54) is 0 Å². The Balaban J connectivity index is 2.02. The monoisotopic (exact) mass is 301 g/mol. The maximum absolute atomic E-state index is 11.5. The molecule has 5 heteroatoms. The summed E-state index contributed by atoms with van der Waals surface area (Å²) in [5.74, 6) is 0.721. The molecule has 1 aromatic carbocycles. The fourth-order valence-corrected chi connectivity index (χ4v) is 3.14. The number of furan rings is 1. The molecule has 2 aromatic rings. The Hall–Kier alpha value is -2.27. The molecule has 1 saturated heterocycles. The maximum atomic E-state index is 11.5. The van der Waals surface area contributed by atoms with E-state index in [4.69, 9.17) is 9.15 Å². The van der Waals surface area contributed by atoms with Gasteiger partial charge in [0, 0.05) is 6.54 Å². The number of nitrogens with zero attached hydrogens (tertiary/aromatic N) is 1. The number of aliphatic carboxylic acids is 1. The molecule has 0 saturated carbocycles. The number of likely N-dealkylation sites (tertiary alicyclic amines) is 1. The lowest BCUT2D eigenvalue weighted by Crippen LogP contribution is -2.39. The highest BCUT2D eigenvalue weighted by Gasteiger charge is 2.38. The normalized spacial score (nSPS) is 20.0. The minimum absolute atomic E-state index is 0.214. The molecule has 2 unspecified atom stereocenters. The van der Waals surface area contributed by atoms with Crippen LogP contribution in [0.25, 0.3) is 0 Å². The molecule has 22 heavy (non-hydrogen) atoms. The average molecular weight is 301 g/mol. The molecule has 0 radical (unpaired) electrons. The minimum atomic E-state index is -0.781. The van der Waals surface area contributed by atoms with Gasteiger partial charge in [0.1, 0.15) is 17.6 Å². The van der Waals surface area contributed by atoms with Crippen molar-refractivity contribution in [3.05, 3.63) is 54.0 Å². The van der Waals surface area contributed by atoms with Gasteiger partial charge < -0.3 is 14.3 Å². The summed E-state index contributed by atoms with van der Waals surface area (Å²) in [5.41, 5.74) is 0.974. The van der Waals surface area contributed by atoms with Gasteiger partial charge in [-0.15, -0.1) is 0 Å². The zero-order valence-electron chi connectivity index (χ0n) is 12.4. The number of methoxy groups -OCH3 is 1. The molecule has 1 fully saturated rings. The highest BCUT2D eigenvalue weighted by atomic mass is 16.5. The van der Waals surface area contributed by atoms with Crippen molar-refractivity contribution in [2.75, 3.05) is 13.7 Å². The Morgan fingerprint density at radius 1 is 1.41 bits per heavy atom. The second-order valence-electron chi connectivity index (χ2n) is 5.43. The third kappa shape index (κ3) is 2.72. The molecule has 0 aliphatic carbocycles. The molecule has 3 rings (SSSR count). The molecule has 1 N–H and O–H groups in total. The molecular formula is C17H19NO4. The first-order chi connectivity index (χ1) is 10.7. The van der Waals surface area contributed by atoms with Crippen LogP contribution in [0.15, 0.2) is 47.1 Å². The molecule has 0 amide bonds. The van der Waals surface area contributed by atoms with E-state index in [-0.39, 0.29) is 6.04 Å². The number of hydrogen-bond acceptors (Lipinski definition) is 4. The first-order valence-corrected chi connectivity index (χ1v) is 7.36. The predicted molar refractivity (Wildman–Crippen MR) is 80.9 cm³/mol. The Labute approximate surface area is 129 Å². The van der Waals surface area contributed by atoms with E-state index in [0.29, 0.717) is 6.42 Å². The Morgan fingerprint density at radius 3 is 2.95 bits per heavy atom. The molecule has 0 spiro atoms. The Morgan fingerprint density at radius 2 is 2.27 bits per heavy atom. The Kier molecular flexibility index (Phi) is 4.15. The van der Waals surface area contributed by atoms with Gasteiger partial charge in [0.2, 0.25) is 0 Å². The smallest absolute Gasteiger partial charge is 0.320 e. The zero-order chi connectivity index (χ0) is 15.5. The molecule has 0 bridgehead atoms. The summed E-state index contributed by atoms with van der Waals surface area (Å²) in [5, 5.41) is 9.48. The van der Waals surface area contributed by atoms with Gasteiger partial charge in [0.05, 0.1) is 19.4 Å². The van der Waals surface area contributed by atoms with Gasteiger partial charge in [0.15, 0.2) is 0 Å². The van der Waals surface area contributed by atoms with E-state index in [1.54, 1.807) is 13.4 Å². The number of carbonyl (C=O) groups is 1. The van der Waals surface area contributed by atoms with E-state index in [1.807, 2.05) is 41.3 Å². The second kappa shape index (κ2) is 6.23. The van der Waals surface area contributed by atoms with E-state index in [9.17, 15) is 9.90 Å². The third-order valence-electron chi connectivity index (χ3n) is 4.13. The highest BCUT2D eigenvalue weighted by Crippen LogP contribution is 2.36. The van der Waals surface area contributed by atoms with E-state index < -0.39 is 12.0 Å². The van der Waals surface area contributed by atoms with Crippen molar-refractivity contribution in [1.82, 2.24) is 4.90 Å².